The number of hydrogen-bond acceptors (Lipinski definition) is 5. The van der Waals surface area contributed by atoms with Crippen LogP contribution in [0.5, 0.6) is 5.75 Å². The molecule has 1 spiro atoms. The molecule has 2 aliphatic rings. The number of anilines is 1. The monoisotopic (exact) mass is 388 g/mol. The summed E-state index contributed by atoms with van der Waals surface area (Å²) >= 11 is 0. The first-order valence-corrected chi connectivity index (χ1v) is 10.5. The van der Waals surface area contributed by atoms with Gasteiger partial charge >= 0.3 is 0 Å². The minimum Gasteiger partial charge on any atom is -0.508 e. The Bertz CT molecular complexity index is 1060. The topological polar surface area (TPSA) is 52.5 Å². The van der Waals surface area contributed by atoms with Crippen LogP contribution in [0.25, 0.3) is 10.8 Å². The molecule has 2 heterocycles. The number of piperidine rings is 1. The molecule has 5 nitrogen and oxygen atoms in total. The SMILES string of the molecule is CN(C)c1ncc2c(n1)C1(CCCN(Cc3ccc4cc(O)ccc4c3)C1)CC2. The summed E-state index contributed by atoms with van der Waals surface area (Å²) in [6, 6.07) is 12.2. The van der Waals surface area contributed by atoms with Gasteiger partial charge in [-0.3, -0.25) is 4.90 Å². The fourth-order valence-corrected chi connectivity index (χ4v) is 5.15. The van der Waals surface area contributed by atoms with Crippen LogP contribution in [0.3, 0.4) is 0 Å². The molecule has 1 unspecified atom stereocenters. The van der Waals surface area contributed by atoms with Crippen molar-refractivity contribution in [3.63, 3.8) is 0 Å². The number of rotatable bonds is 3. The van der Waals surface area contributed by atoms with E-state index in [0.717, 1.165) is 37.4 Å². The van der Waals surface area contributed by atoms with Gasteiger partial charge in [0.15, 0.2) is 0 Å². The number of fused-ring (bicyclic) bond motifs is 3. The number of aromatic nitrogens is 2. The molecular weight excluding hydrogens is 360 g/mol. The van der Waals surface area contributed by atoms with Gasteiger partial charge in [-0.1, -0.05) is 18.2 Å². The molecule has 1 aliphatic heterocycles. The van der Waals surface area contributed by atoms with E-state index < -0.39 is 0 Å². The summed E-state index contributed by atoms with van der Waals surface area (Å²) in [6.45, 7) is 3.16. The lowest BCUT2D eigenvalue weighted by molar-refractivity contribution is 0.137. The van der Waals surface area contributed by atoms with Crippen molar-refractivity contribution in [2.24, 2.45) is 0 Å². The van der Waals surface area contributed by atoms with Crippen LogP contribution >= 0.6 is 0 Å². The summed E-state index contributed by atoms with van der Waals surface area (Å²) in [5.41, 5.74) is 4.12. The first-order valence-electron chi connectivity index (χ1n) is 10.5. The van der Waals surface area contributed by atoms with Gasteiger partial charge in [-0.2, -0.15) is 0 Å². The van der Waals surface area contributed by atoms with Crippen molar-refractivity contribution < 1.29 is 5.11 Å². The molecule has 150 valence electrons. The Labute approximate surface area is 172 Å². The standard InChI is InChI=1S/C24H28N4O/c1-27(2)23-25-14-20-8-10-24(22(20)26-23)9-3-11-28(16-24)15-17-4-5-19-13-21(29)7-6-18(19)12-17/h4-7,12-14,29H,3,8-11,15-16H2,1-2H3. The van der Waals surface area contributed by atoms with Gasteiger partial charge in [-0.15, -0.1) is 0 Å². The largest absolute Gasteiger partial charge is 0.508 e. The smallest absolute Gasteiger partial charge is 0.225 e. The number of benzene rings is 2. The third-order valence-corrected chi connectivity index (χ3v) is 6.58. The van der Waals surface area contributed by atoms with E-state index >= 15 is 0 Å². The number of likely N-dealkylation sites (tertiary alicyclic amines) is 1. The van der Waals surface area contributed by atoms with Crippen LogP contribution in [0.4, 0.5) is 5.95 Å². The van der Waals surface area contributed by atoms with E-state index in [1.165, 1.54) is 41.5 Å². The van der Waals surface area contributed by atoms with E-state index in [1.807, 2.05) is 37.3 Å². The van der Waals surface area contributed by atoms with Gasteiger partial charge in [0.2, 0.25) is 5.95 Å². The van der Waals surface area contributed by atoms with E-state index in [2.05, 4.69) is 28.1 Å². The van der Waals surface area contributed by atoms with Crippen LogP contribution in [0.2, 0.25) is 0 Å². The Morgan fingerprint density at radius 1 is 1.10 bits per heavy atom. The molecular formula is C24H28N4O. The van der Waals surface area contributed by atoms with Crippen LogP contribution in [-0.2, 0) is 18.4 Å². The van der Waals surface area contributed by atoms with Gasteiger partial charge in [0.05, 0.1) is 5.69 Å². The lowest BCUT2D eigenvalue weighted by Gasteiger charge is -2.40. The predicted molar refractivity (Wildman–Crippen MR) is 116 cm³/mol. The third kappa shape index (κ3) is 3.33. The third-order valence-electron chi connectivity index (χ3n) is 6.58. The van der Waals surface area contributed by atoms with Crippen LogP contribution in [-0.4, -0.2) is 47.2 Å². The highest BCUT2D eigenvalue weighted by molar-refractivity contribution is 5.84. The Balaban J connectivity index is 1.40. The Morgan fingerprint density at radius 3 is 2.79 bits per heavy atom. The summed E-state index contributed by atoms with van der Waals surface area (Å²) in [6.07, 6.45) is 6.75. The van der Waals surface area contributed by atoms with Crippen molar-refractivity contribution in [3.8, 4) is 5.75 Å². The molecule has 5 rings (SSSR count). The molecule has 1 fully saturated rings. The zero-order chi connectivity index (χ0) is 20.0. The Hall–Kier alpha value is -2.66. The molecule has 1 aliphatic carbocycles. The minimum absolute atomic E-state index is 0.171. The number of nitrogens with zero attached hydrogens (tertiary/aromatic N) is 4. The molecule has 0 bridgehead atoms. The number of hydrogen-bond donors (Lipinski definition) is 1. The maximum atomic E-state index is 9.69. The maximum absolute atomic E-state index is 9.69. The summed E-state index contributed by atoms with van der Waals surface area (Å²) in [5, 5.41) is 12.0. The van der Waals surface area contributed by atoms with Crippen molar-refractivity contribution >= 4 is 16.7 Å². The van der Waals surface area contributed by atoms with Crippen molar-refractivity contribution in [2.75, 3.05) is 32.1 Å². The van der Waals surface area contributed by atoms with Gasteiger partial charge in [0.1, 0.15) is 5.75 Å². The Kier molecular flexibility index (Phi) is 4.43. The molecule has 2 aromatic carbocycles. The summed E-state index contributed by atoms with van der Waals surface area (Å²) in [7, 11) is 4.02. The van der Waals surface area contributed by atoms with Crippen molar-refractivity contribution in [3.05, 3.63) is 59.4 Å². The second-order valence-electron chi connectivity index (χ2n) is 8.90. The maximum Gasteiger partial charge on any atom is 0.225 e. The molecule has 3 aromatic rings. The van der Waals surface area contributed by atoms with Crippen molar-refractivity contribution in [2.45, 2.75) is 37.6 Å². The van der Waals surface area contributed by atoms with Crippen LogP contribution in [0.15, 0.2) is 42.6 Å². The van der Waals surface area contributed by atoms with Crippen molar-refractivity contribution in [1.82, 2.24) is 14.9 Å². The van der Waals surface area contributed by atoms with E-state index in [1.54, 1.807) is 6.07 Å². The molecule has 1 atom stereocenters. The first-order chi connectivity index (χ1) is 14.0. The van der Waals surface area contributed by atoms with Crippen LogP contribution < -0.4 is 4.90 Å². The highest BCUT2D eigenvalue weighted by Gasteiger charge is 2.43. The van der Waals surface area contributed by atoms with Gasteiger partial charge < -0.3 is 10.0 Å². The van der Waals surface area contributed by atoms with E-state index in [-0.39, 0.29) is 5.41 Å². The summed E-state index contributed by atoms with van der Waals surface area (Å²) in [4.78, 5) is 14.1. The zero-order valence-corrected chi connectivity index (χ0v) is 17.2. The fourth-order valence-electron chi connectivity index (χ4n) is 5.15. The molecule has 1 N–H and O–H groups in total. The zero-order valence-electron chi connectivity index (χ0n) is 17.2. The average Bonchev–Trinajstić information content (AvgIpc) is 3.05. The minimum atomic E-state index is 0.171. The molecule has 0 amide bonds. The molecule has 1 saturated heterocycles. The molecule has 29 heavy (non-hydrogen) atoms. The average molecular weight is 389 g/mol. The molecule has 0 radical (unpaired) electrons. The number of aryl methyl sites for hydroxylation is 1. The normalized spacial score (nSPS) is 21.6. The number of phenolic OH excluding ortho intramolecular Hbond substituents is 1. The van der Waals surface area contributed by atoms with E-state index in [0.29, 0.717) is 5.75 Å². The van der Waals surface area contributed by atoms with Crippen molar-refractivity contribution in [1.29, 1.82) is 0 Å². The van der Waals surface area contributed by atoms with E-state index in [4.69, 9.17) is 4.98 Å². The molecule has 5 heteroatoms. The van der Waals surface area contributed by atoms with Gasteiger partial charge in [-0.05, 0) is 72.3 Å². The fraction of sp³-hybridized carbons (Fsp3) is 0.417. The van der Waals surface area contributed by atoms with Crippen LogP contribution in [0, 0.1) is 0 Å². The Morgan fingerprint density at radius 2 is 1.93 bits per heavy atom. The quantitative estimate of drug-likeness (QED) is 0.738. The summed E-state index contributed by atoms with van der Waals surface area (Å²) in [5.74, 6) is 1.14. The highest BCUT2D eigenvalue weighted by Crippen LogP contribution is 2.44. The number of phenols is 1. The van der Waals surface area contributed by atoms with E-state index in [9.17, 15) is 5.11 Å². The summed E-state index contributed by atoms with van der Waals surface area (Å²) < 4.78 is 0. The lowest BCUT2D eigenvalue weighted by atomic mass is 9.77. The first kappa shape index (κ1) is 18.4. The molecule has 0 saturated carbocycles. The van der Waals surface area contributed by atoms with Gasteiger partial charge in [0, 0.05) is 38.8 Å². The molecule has 1 aromatic heterocycles. The number of aromatic hydroxyl groups is 1. The highest BCUT2D eigenvalue weighted by atomic mass is 16.3. The predicted octanol–water partition coefficient (Wildman–Crippen LogP) is 3.88. The second-order valence-corrected chi connectivity index (χ2v) is 8.90. The lowest BCUT2D eigenvalue weighted by Crippen LogP contribution is -2.45. The second kappa shape index (κ2) is 6.99. The van der Waals surface area contributed by atoms with Crippen LogP contribution in [0.1, 0.15) is 36.1 Å². The van der Waals surface area contributed by atoms with Gasteiger partial charge in [-0.25, -0.2) is 9.97 Å². The van der Waals surface area contributed by atoms with Gasteiger partial charge in [0.25, 0.3) is 0 Å².